The van der Waals surface area contributed by atoms with E-state index in [-0.39, 0.29) is 23.4 Å². The van der Waals surface area contributed by atoms with Crippen LogP contribution in [0.15, 0.2) is 18.2 Å². The summed E-state index contributed by atoms with van der Waals surface area (Å²) in [5.41, 5.74) is 1.64. The fourth-order valence-electron chi connectivity index (χ4n) is 2.55. The van der Waals surface area contributed by atoms with E-state index in [4.69, 9.17) is 0 Å². The van der Waals surface area contributed by atoms with Crippen LogP contribution in [0.3, 0.4) is 0 Å². The average Bonchev–Trinajstić information content (AvgIpc) is 2.34. The Kier molecular flexibility index (Phi) is 4.65. The Morgan fingerprint density at radius 3 is 2.80 bits per heavy atom. The predicted molar refractivity (Wildman–Crippen MR) is 79.2 cm³/mol. The molecule has 0 radical (unpaired) electrons. The van der Waals surface area contributed by atoms with Crippen molar-refractivity contribution in [3.8, 4) is 0 Å². The van der Waals surface area contributed by atoms with Crippen LogP contribution in [0.5, 0.6) is 0 Å². The lowest BCUT2D eigenvalue weighted by molar-refractivity contribution is 0.567. The maximum atomic E-state index is 13.7. The highest BCUT2D eigenvalue weighted by Gasteiger charge is 2.28. The molecular formula is C14H21FN2O2S. The molecule has 0 amide bonds. The van der Waals surface area contributed by atoms with Crippen molar-refractivity contribution in [1.82, 2.24) is 5.32 Å². The first-order valence-corrected chi connectivity index (χ1v) is 8.70. The first-order chi connectivity index (χ1) is 9.41. The highest BCUT2D eigenvalue weighted by Crippen LogP contribution is 2.24. The van der Waals surface area contributed by atoms with Gasteiger partial charge in [-0.15, -0.1) is 0 Å². The van der Waals surface area contributed by atoms with Crippen LogP contribution in [-0.4, -0.2) is 39.1 Å². The number of rotatable bonds is 4. The van der Waals surface area contributed by atoms with Gasteiger partial charge in [0, 0.05) is 24.8 Å². The second-order valence-corrected chi connectivity index (χ2v) is 7.48. The normalized spacial score (nSPS) is 21.9. The minimum absolute atomic E-state index is 0.123. The molecule has 0 aromatic heterocycles. The molecule has 1 N–H and O–H groups in total. The van der Waals surface area contributed by atoms with Crippen molar-refractivity contribution in [1.29, 1.82) is 0 Å². The van der Waals surface area contributed by atoms with Gasteiger partial charge in [0.1, 0.15) is 5.82 Å². The van der Waals surface area contributed by atoms with Gasteiger partial charge >= 0.3 is 0 Å². The summed E-state index contributed by atoms with van der Waals surface area (Å²) in [6.07, 6.45) is 0. The molecule has 1 aliphatic heterocycles. The van der Waals surface area contributed by atoms with Gasteiger partial charge in [-0.1, -0.05) is 6.92 Å². The van der Waals surface area contributed by atoms with Gasteiger partial charge in [0.25, 0.3) is 0 Å². The molecule has 1 fully saturated rings. The SMILES string of the molecule is CCNCc1cc(F)cc(N2CCS(=O)(=O)CC2C)c1. The van der Waals surface area contributed by atoms with Crippen molar-refractivity contribution in [2.75, 3.05) is 29.5 Å². The fourth-order valence-corrected chi connectivity index (χ4v) is 4.11. The smallest absolute Gasteiger partial charge is 0.154 e. The minimum atomic E-state index is -2.96. The summed E-state index contributed by atoms with van der Waals surface area (Å²) in [4.78, 5) is 1.97. The number of nitrogens with zero attached hydrogens (tertiary/aromatic N) is 1. The van der Waals surface area contributed by atoms with Crippen LogP contribution in [0.25, 0.3) is 0 Å². The first-order valence-electron chi connectivity index (χ1n) is 6.88. The fraction of sp³-hybridized carbons (Fsp3) is 0.571. The lowest BCUT2D eigenvalue weighted by atomic mass is 10.1. The van der Waals surface area contributed by atoms with E-state index in [2.05, 4.69) is 5.32 Å². The first kappa shape index (κ1) is 15.3. The molecule has 1 unspecified atom stereocenters. The topological polar surface area (TPSA) is 49.4 Å². The van der Waals surface area contributed by atoms with Gasteiger partial charge in [-0.25, -0.2) is 12.8 Å². The maximum absolute atomic E-state index is 13.7. The summed E-state index contributed by atoms with van der Waals surface area (Å²) >= 11 is 0. The van der Waals surface area contributed by atoms with Crippen LogP contribution >= 0.6 is 0 Å². The van der Waals surface area contributed by atoms with Gasteiger partial charge in [0.15, 0.2) is 9.84 Å². The number of benzene rings is 1. The monoisotopic (exact) mass is 300 g/mol. The van der Waals surface area contributed by atoms with Crippen molar-refractivity contribution in [2.24, 2.45) is 0 Å². The van der Waals surface area contributed by atoms with Crippen molar-refractivity contribution in [3.63, 3.8) is 0 Å². The summed E-state index contributed by atoms with van der Waals surface area (Å²) in [7, 11) is -2.96. The zero-order valence-electron chi connectivity index (χ0n) is 11.9. The highest BCUT2D eigenvalue weighted by molar-refractivity contribution is 7.91. The Morgan fingerprint density at radius 1 is 1.40 bits per heavy atom. The number of anilines is 1. The molecule has 1 atom stereocenters. The Hall–Kier alpha value is -1.14. The third-order valence-electron chi connectivity index (χ3n) is 3.52. The molecule has 112 valence electrons. The molecular weight excluding hydrogens is 279 g/mol. The molecule has 1 heterocycles. The van der Waals surface area contributed by atoms with Crippen LogP contribution in [0.2, 0.25) is 0 Å². The molecule has 20 heavy (non-hydrogen) atoms. The van der Waals surface area contributed by atoms with E-state index in [1.165, 1.54) is 12.1 Å². The standard InChI is InChI=1S/C14H21FN2O2S/c1-3-16-9-12-6-13(15)8-14(7-12)17-4-5-20(18,19)10-11(17)2/h6-8,11,16H,3-5,9-10H2,1-2H3. The summed E-state index contributed by atoms with van der Waals surface area (Å²) in [6, 6.07) is 4.80. The van der Waals surface area contributed by atoms with Crippen molar-refractivity contribution >= 4 is 15.5 Å². The second-order valence-electron chi connectivity index (χ2n) is 5.25. The maximum Gasteiger partial charge on any atom is 0.154 e. The van der Waals surface area contributed by atoms with E-state index in [0.717, 1.165) is 17.8 Å². The van der Waals surface area contributed by atoms with E-state index >= 15 is 0 Å². The van der Waals surface area contributed by atoms with Crippen molar-refractivity contribution in [3.05, 3.63) is 29.6 Å². The molecule has 6 heteroatoms. The largest absolute Gasteiger partial charge is 0.367 e. The second kappa shape index (κ2) is 6.10. The molecule has 1 saturated heterocycles. The van der Waals surface area contributed by atoms with Crippen molar-refractivity contribution in [2.45, 2.75) is 26.4 Å². The number of sulfone groups is 1. The summed E-state index contributed by atoms with van der Waals surface area (Å²) in [5.74, 6) is -0.0151. The Morgan fingerprint density at radius 2 is 2.15 bits per heavy atom. The van der Waals surface area contributed by atoms with Crippen LogP contribution < -0.4 is 10.2 Å². The minimum Gasteiger partial charge on any atom is -0.367 e. The Labute approximate surface area is 119 Å². The quantitative estimate of drug-likeness (QED) is 0.917. The van der Waals surface area contributed by atoms with E-state index < -0.39 is 9.84 Å². The average molecular weight is 300 g/mol. The third kappa shape index (κ3) is 3.70. The molecule has 4 nitrogen and oxygen atoms in total. The lowest BCUT2D eigenvalue weighted by Gasteiger charge is -2.35. The highest BCUT2D eigenvalue weighted by atomic mass is 32.2. The molecule has 2 rings (SSSR count). The predicted octanol–water partition coefficient (Wildman–Crippen LogP) is 1.56. The van der Waals surface area contributed by atoms with Crippen LogP contribution in [-0.2, 0) is 16.4 Å². The van der Waals surface area contributed by atoms with Gasteiger partial charge in [-0.2, -0.15) is 0 Å². The van der Waals surface area contributed by atoms with Gasteiger partial charge in [0.05, 0.1) is 11.5 Å². The molecule has 0 bridgehead atoms. The number of halogens is 1. The lowest BCUT2D eigenvalue weighted by Crippen LogP contribution is -2.47. The molecule has 1 aromatic carbocycles. The summed E-state index contributed by atoms with van der Waals surface area (Å²) in [5, 5.41) is 3.17. The van der Waals surface area contributed by atoms with Crippen LogP contribution in [0.1, 0.15) is 19.4 Å². The van der Waals surface area contributed by atoms with E-state index in [0.29, 0.717) is 13.1 Å². The van der Waals surface area contributed by atoms with Gasteiger partial charge in [0.2, 0.25) is 0 Å². The molecule has 0 aliphatic carbocycles. The summed E-state index contributed by atoms with van der Waals surface area (Å²) in [6.45, 7) is 5.73. The van der Waals surface area contributed by atoms with E-state index in [1.807, 2.05) is 24.8 Å². The molecule has 1 aromatic rings. The van der Waals surface area contributed by atoms with Gasteiger partial charge in [-0.05, 0) is 37.2 Å². The zero-order valence-corrected chi connectivity index (χ0v) is 12.7. The molecule has 0 spiro atoms. The molecule has 0 saturated carbocycles. The number of nitrogens with one attached hydrogen (secondary N) is 1. The zero-order chi connectivity index (χ0) is 14.8. The summed E-state index contributed by atoms with van der Waals surface area (Å²) < 4.78 is 36.9. The third-order valence-corrected chi connectivity index (χ3v) is 5.32. The molecule has 1 aliphatic rings. The number of hydrogen-bond acceptors (Lipinski definition) is 4. The van der Waals surface area contributed by atoms with Gasteiger partial charge < -0.3 is 10.2 Å². The van der Waals surface area contributed by atoms with Crippen LogP contribution in [0, 0.1) is 5.82 Å². The van der Waals surface area contributed by atoms with E-state index in [1.54, 1.807) is 0 Å². The van der Waals surface area contributed by atoms with Gasteiger partial charge in [-0.3, -0.25) is 0 Å². The van der Waals surface area contributed by atoms with Crippen LogP contribution in [0.4, 0.5) is 10.1 Å². The van der Waals surface area contributed by atoms with E-state index in [9.17, 15) is 12.8 Å². The Balaban J connectivity index is 2.22. The number of hydrogen-bond donors (Lipinski definition) is 1. The Bertz CT molecular complexity index is 575. The van der Waals surface area contributed by atoms with Crippen molar-refractivity contribution < 1.29 is 12.8 Å².